The average Bonchev–Trinajstić information content (AvgIpc) is 2.53. The van der Waals surface area contributed by atoms with Crippen LogP contribution in [0.4, 0.5) is 8.78 Å². The van der Waals surface area contributed by atoms with Crippen molar-refractivity contribution in [2.45, 2.75) is 31.8 Å². The van der Waals surface area contributed by atoms with E-state index in [2.05, 4.69) is 10.3 Å². The minimum Gasteiger partial charge on any atom is -0.396 e. The van der Waals surface area contributed by atoms with Crippen LogP contribution in [0, 0.1) is 17.0 Å². The van der Waals surface area contributed by atoms with Crippen molar-refractivity contribution in [2.24, 2.45) is 5.41 Å². The number of aliphatic hydroxyl groups excluding tert-OH is 1. The van der Waals surface area contributed by atoms with Gasteiger partial charge in [0.1, 0.15) is 11.6 Å². The molecule has 0 aliphatic heterocycles. The van der Waals surface area contributed by atoms with Gasteiger partial charge in [-0.15, -0.1) is 0 Å². The molecule has 1 fully saturated rings. The molecule has 5 heteroatoms. The summed E-state index contributed by atoms with van der Waals surface area (Å²) in [7, 11) is 0. The molecule has 1 unspecified atom stereocenters. The molecule has 1 aromatic carbocycles. The van der Waals surface area contributed by atoms with Gasteiger partial charge >= 0.3 is 0 Å². The highest BCUT2D eigenvalue weighted by Gasteiger charge is 2.44. The van der Waals surface area contributed by atoms with Crippen LogP contribution < -0.4 is 5.32 Å². The lowest BCUT2D eigenvalue weighted by Gasteiger charge is -2.47. The Balaban J connectivity index is 1.85. The second-order valence-corrected chi connectivity index (χ2v) is 6.17. The number of aliphatic hydroxyl groups is 1. The Kier molecular flexibility index (Phi) is 4.68. The van der Waals surface area contributed by atoms with E-state index in [1.54, 1.807) is 12.4 Å². The first-order chi connectivity index (χ1) is 11.2. The summed E-state index contributed by atoms with van der Waals surface area (Å²) in [6.07, 6.45) is 6.22. The molecule has 1 aliphatic carbocycles. The van der Waals surface area contributed by atoms with Crippen LogP contribution in [0.15, 0.2) is 42.7 Å². The Hall–Kier alpha value is -1.85. The normalized spacial score (nSPS) is 17.5. The molecule has 0 saturated heterocycles. The number of aromatic nitrogens is 1. The summed E-state index contributed by atoms with van der Waals surface area (Å²) in [5.74, 6) is -1.12. The van der Waals surface area contributed by atoms with Gasteiger partial charge in [0.15, 0.2) is 0 Å². The van der Waals surface area contributed by atoms with Crippen molar-refractivity contribution >= 4 is 0 Å². The molecule has 0 radical (unpaired) electrons. The SMILES string of the molecule is OCC1(C(NCc2c(F)cccc2F)c2ccncc2)CCC1. The minimum absolute atomic E-state index is 0.0268. The van der Waals surface area contributed by atoms with Crippen LogP contribution in [0.25, 0.3) is 0 Å². The first-order valence-corrected chi connectivity index (χ1v) is 7.83. The van der Waals surface area contributed by atoms with Gasteiger partial charge < -0.3 is 10.4 Å². The van der Waals surface area contributed by atoms with Crippen molar-refractivity contribution < 1.29 is 13.9 Å². The largest absolute Gasteiger partial charge is 0.396 e. The molecule has 1 saturated carbocycles. The third-order valence-electron chi connectivity index (χ3n) is 4.86. The summed E-state index contributed by atoms with van der Waals surface area (Å²) in [6.45, 7) is 0.125. The zero-order valence-electron chi connectivity index (χ0n) is 12.8. The lowest BCUT2D eigenvalue weighted by atomic mass is 9.63. The molecule has 0 bridgehead atoms. The first kappa shape index (κ1) is 16.0. The summed E-state index contributed by atoms with van der Waals surface area (Å²) in [6, 6.07) is 7.47. The lowest BCUT2D eigenvalue weighted by molar-refractivity contribution is 0.00439. The maximum Gasteiger partial charge on any atom is 0.130 e. The predicted octanol–water partition coefficient (Wildman–Crippen LogP) is 3.35. The van der Waals surface area contributed by atoms with Crippen molar-refractivity contribution in [2.75, 3.05) is 6.61 Å². The molecule has 1 aliphatic rings. The van der Waals surface area contributed by atoms with Crippen LogP contribution in [0.5, 0.6) is 0 Å². The van der Waals surface area contributed by atoms with Crippen LogP contribution in [-0.2, 0) is 6.54 Å². The number of nitrogens with one attached hydrogen (secondary N) is 1. The van der Waals surface area contributed by atoms with E-state index in [1.165, 1.54) is 18.2 Å². The van der Waals surface area contributed by atoms with Crippen LogP contribution in [0.2, 0.25) is 0 Å². The standard InChI is InChI=1S/C18H20F2N2O/c19-15-3-1-4-16(20)14(15)11-22-17(13-5-9-21-10-6-13)18(12-23)7-2-8-18/h1,3-6,9-10,17,22-23H,2,7-8,11-12H2. The fourth-order valence-electron chi connectivity index (χ4n) is 3.32. The van der Waals surface area contributed by atoms with E-state index in [1.807, 2.05) is 12.1 Å². The molecule has 122 valence electrons. The van der Waals surface area contributed by atoms with E-state index in [-0.39, 0.29) is 30.2 Å². The van der Waals surface area contributed by atoms with Crippen LogP contribution >= 0.6 is 0 Å². The summed E-state index contributed by atoms with van der Waals surface area (Å²) >= 11 is 0. The number of benzene rings is 1. The first-order valence-electron chi connectivity index (χ1n) is 7.83. The molecular weight excluding hydrogens is 298 g/mol. The summed E-state index contributed by atoms with van der Waals surface area (Å²) in [5, 5.41) is 13.1. The maximum atomic E-state index is 13.8. The maximum absolute atomic E-state index is 13.8. The predicted molar refractivity (Wildman–Crippen MR) is 83.5 cm³/mol. The van der Waals surface area contributed by atoms with Gasteiger partial charge in [0.25, 0.3) is 0 Å². The van der Waals surface area contributed by atoms with Crippen LogP contribution in [0.1, 0.15) is 36.4 Å². The van der Waals surface area contributed by atoms with E-state index >= 15 is 0 Å². The molecule has 0 spiro atoms. The zero-order chi connectivity index (χ0) is 16.3. The summed E-state index contributed by atoms with van der Waals surface area (Å²) in [5.41, 5.74) is 0.729. The quantitative estimate of drug-likeness (QED) is 0.858. The number of halogens is 2. The third-order valence-corrected chi connectivity index (χ3v) is 4.86. The van der Waals surface area contributed by atoms with E-state index in [4.69, 9.17) is 0 Å². The smallest absolute Gasteiger partial charge is 0.130 e. The highest BCUT2D eigenvalue weighted by Crippen LogP contribution is 2.49. The molecule has 2 aromatic rings. The zero-order valence-corrected chi connectivity index (χ0v) is 12.8. The fourth-order valence-corrected chi connectivity index (χ4v) is 3.32. The van der Waals surface area contributed by atoms with Gasteiger partial charge in [-0.2, -0.15) is 0 Å². The fraction of sp³-hybridized carbons (Fsp3) is 0.389. The van der Waals surface area contributed by atoms with Gasteiger partial charge in [-0.25, -0.2) is 8.78 Å². The third kappa shape index (κ3) is 3.12. The second kappa shape index (κ2) is 6.72. The summed E-state index contributed by atoms with van der Waals surface area (Å²) in [4.78, 5) is 4.02. The minimum atomic E-state index is -0.558. The van der Waals surface area contributed by atoms with E-state index in [0.29, 0.717) is 0 Å². The van der Waals surface area contributed by atoms with Crippen molar-refractivity contribution in [3.63, 3.8) is 0 Å². The number of rotatable bonds is 6. The molecule has 23 heavy (non-hydrogen) atoms. The number of hydrogen-bond acceptors (Lipinski definition) is 3. The van der Waals surface area contributed by atoms with E-state index in [0.717, 1.165) is 24.8 Å². The van der Waals surface area contributed by atoms with E-state index < -0.39 is 11.6 Å². The number of nitrogens with zero attached hydrogens (tertiary/aromatic N) is 1. The van der Waals surface area contributed by atoms with Gasteiger partial charge in [0.2, 0.25) is 0 Å². The number of pyridine rings is 1. The Morgan fingerprint density at radius 1 is 1.13 bits per heavy atom. The molecule has 0 amide bonds. The molecule has 1 atom stereocenters. The molecule has 1 heterocycles. The molecule has 2 N–H and O–H groups in total. The molecule has 3 nitrogen and oxygen atoms in total. The van der Waals surface area contributed by atoms with E-state index in [9.17, 15) is 13.9 Å². The van der Waals surface area contributed by atoms with Gasteiger partial charge in [0, 0.05) is 36.0 Å². The average molecular weight is 318 g/mol. The van der Waals surface area contributed by atoms with Gasteiger partial charge in [-0.05, 0) is 42.7 Å². The monoisotopic (exact) mass is 318 g/mol. The van der Waals surface area contributed by atoms with Crippen molar-refractivity contribution in [1.82, 2.24) is 10.3 Å². The molecule has 1 aromatic heterocycles. The Morgan fingerprint density at radius 2 is 1.78 bits per heavy atom. The Morgan fingerprint density at radius 3 is 2.30 bits per heavy atom. The van der Waals surface area contributed by atoms with Crippen LogP contribution in [-0.4, -0.2) is 16.7 Å². The van der Waals surface area contributed by atoms with Crippen molar-refractivity contribution in [3.05, 3.63) is 65.5 Å². The van der Waals surface area contributed by atoms with Crippen LogP contribution in [0.3, 0.4) is 0 Å². The Bertz CT molecular complexity index is 634. The topological polar surface area (TPSA) is 45.1 Å². The summed E-state index contributed by atoms with van der Waals surface area (Å²) < 4.78 is 27.7. The van der Waals surface area contributed by atoms with Gasteiger partial charge in [-0.3, -0.25) is 4.98 Å². The highest BCUT2D eigenvalue weighted by molar-refractivity contribution is 5.23. The lowest BCUT2D eigenvalue weighted by Crippen LogP contribution is -2.45. The molecule has 3 rings (SSSR count). The van der Waals surface area contributed by atoms with Crippen molar-refractivity contribution in [3.8, 4) is 0 Å². The van der Waals surface area contributed by atoms with Crippen molar-refractivity contribution in [1.29, 1.82) is 0 Å². The second-order valence-electron chi connectivity index (χ2n) is 6.17. The van der Waals surface area contributed by atoms with Gasteiger partial charge in [-0.1, -0.05) is 12.5 Å². The Labute approximate surface area is 134 Å². The molecular formula is C18H20F2N2O. The highest BCUT2D eigenvalue weighted by atomic mass is 19.1. The number of hydrogen-bond donors (Lipinski definition) is 2. The van der Waals surface area contributed by atoms with Gasteiger partial charge in [0.05, 0.1) is 6.61 Å².